The van der Waals surface area contributed by atoms with Gasteiger partial charge < -0.3 is 10.6 Å². The molecule has 1 saturated heterocycles. The van der Waals surface area contributed by atoms with E-state index in [1.807, 2.05) is 0 Å². The summed E-state index contributed by atoms with van der Waals surface area (Å²) in [5, 5.41) is 0. The smallest absolute Gasteiger partial charge is 0.258 e. The third-order valence-corrected chi connectivity index (χ3v) is 2.43. The monoisotopic (exact) mass is 204 g/mol. The highest BCUT2D eigenvalue weighted by molar-refractivity contribution is 5.87. The van der Waals surface area contributed by atoms with Crippen LogP contribution in [0.4, 0.5) is 8.78 Å². The Balaban J connectivity index is 2.72. The minimum atomic E-state index is -2.54. The Hall–Kier alpha value is -0.970. The second-order valence-corrected chi connectivity index (χ2v) is 3.42. The van der Waals surface area contributed by atoms with Crippen molar-refractivity contribution >= 4 is 5.91 Å². The predicted octanol–water partition coefficient (Wildman–Crippen LogP) is 0.756. The lowest BCUT2D eigenvalue weighted by molar-refractivity contribution is -0.134. The van der Waals surface area contributed by atoms with E-state index in [1.165, 1.54) is 0 Å². The summed E-state index contributed by atoms with van der Waals surface area (Å²) in [7, 11) is 0. The van der Waals surface area contributed by atoms with E-state index >= 15 is 0 Å². The van der Waals surface area contributed by atoms with E-state index in [0.717, 1.165) is 11.0 Å². The number of amides is 1. The fraction of sp³-hybridized carbons (Fsp3) is 0.667. The second-order valence-electron chi connectivity index (χ2n) is 3.42. The quantitative estimate of drug-likeness (QED) is 0.675. The van der Waals surface area contributed by atoms with E-state index in [9.17, 15) is 13.6 Å². The van der Waals surface area contributed by atoms with E-state index in [-0.39, 0.29) is 12.5 Å². The van der Waals surface area contributed by atoms with Crippen molar-refractivity contribution in [1.29, 1.82) is 0 Å². The summed E-state index contributed by atoms with van der Waals surface area (Å²) in [6, 6.07) is -1.29. The van der Waals surface area contributed by atoms with Gasteiger partial charge in [0.2, 0.25) is 5.91 Å². The average molecular weight is 204 g/mol. The van der Waals surface area contributed by atoms with Crippen LogP contribution in [0.1, 0.15) is 12.8 Å². The summed E-state index contributed by atoms with van der Waals surface area (Å²) in [6.07, 6.45) is -0.739. The standard InChI is InChI=1S/C9H14F2N2O/c1-2-8(14)13-4-3-6(12)5-7(13)9(10)11/h2,6-7,9H,1,3-5,12H2/t6?,7-/m1/s1. The highest BCUT2D eigenvalue weighted by Crippen LogP contribution is 2.21. The Labute approximate surface area is 81.6 Å². The molecule has 1 amide bonds. The molecule has 1 heterocycles. The number of likely N-dealkylation sites (tertiary alicyclic amines) is 1. The van der Waals surface area contributed by atoms with Crippen molar-refractivity contribution in [3.63, 3.8) is 0 Å². The van der Waals surface area contributed by atoms with Gasteiger partial charge in [-0.05, 0) is 18.9 Å². The number of rotatable bonds is 2. The van der Waals surface area contributed by atoms with Crippen molar-refractivity contribution < 1.29 is 13.6 Å². The highest BCUT2D eigenvalue weighted by Gasteiger charge is 2.34. The Morgan fingerprint density at radius 3 is 2.79 bits per heavy atom. The Morgan fingerprint density at radius 2 is 2.29 bits per heavy atom. The number of carbonyl (C=O) groups is 1. The number of carbonyl (C=O) groups excluding carboxylic acids is 1. The molecule has 0 aromatic rings. The molecule has 0 aromatic carbocycles. The number of alkyl halides is 2. The molecule has 14 heavy (non-hydrogen) atoms. The number of nitrogens with zero attached hydrogens (tertiary/aromatic N) is 1. The summed E-state index contributed by atoms with van der Waals surface area (Å²) in [4.78, 5) is 12.4. The number of piperidine rings is 1. The zero-order valence-corrected chi connectivity index (χ0v) is 7.83. The molecule has 80 valence electrons. The SMILES string of the molecule is C=CC(=O)N1CCC(N)C[C@@H]1C(F)F. The van der Waals surface area contributed by atoms with Gasteiger partial charge in [-0.2, -0.15) is 0 Å². The molecular formula is C9H14F2N2O. The lowest BCUT2D eigenvalue weighted by Gasteiger charge is -2.37. The first-order valence-electron chi connectivity index (χ1n) is 4.53. The number of hydrogen-bond donors (Lipinski definition) is 1. The Kier molecular flexibility index (Phi) is 3.57. The van der Waals surface area contributed by atoms with Gasteiger partial charge in [-0.15, -0.1) is 0 Å². The van der Waals surface area contributed by atoms with Crippen LogP contribution in [0.15, 0.2) is 12.7 Å². The molecule has 0 aromatic heterocycles. The minimum Gasteiger partial charge on any atom is -0.330 e. The highest BCUT2D eigenvalue weighted by atomic mass is 19.3. The third kappa shape index (κ3) is 2.29. The van der Waals surface area contributed by atoms with E-state index < -0.39 is 18.4 Å². The molecular weight excluding hydrogens is 190 g/mol. The molecule has 1 fully saturated rings. The Bertz CT molecular complexity index is 233. The minimum absolute atomic E-state index is 0.164. The van der Waals surface area contributed by atoms with Crippen molar-refractivity contribution in [2.75, 3.05) is 6.54 Å². The van der Waals surface area contributed by atoms with Gasteiger partial charge >= 0.3 is 0 Å². The van der Waals surface area contributed by atoms with Crippen LogP contribution in [-0.2, 0) is 4.79 Å². The third-order valence-electron chi connectivity index (χ3n) is 2.43. The number of hydrogen-bond acceptors (Lipinski definition) is 2. The molecule has 3 nitrogen and oxygen atoms in total. The van der Waals surface area contributed by atoms with Gasteiger partial charge in [0.1, 0.15) is 0 Å². The van der Waals surface area contributed by atoms with Crippen molar-refractivity contribution in [3.8, 4) is 0 Å². The summed E-state index contributed by atoms with van der Waals surface area (Å²) < 4.78 is 25.1. The van der Waals surface area contributed by atoms with Crippen molar-refractivity contribution in [2.45, 2.75) is 31.4 Å². The maximum Gasteiger partial charge on any atom is 0.258 e. The largest absolute Gasteiger partial charge is 0.330 e. The zero-order chi connectivity index (χ0) is 10.7. The molecule has 2 atom stereocenters. The topological polar surface area (TPSA) is 46.3 Å². The van der Waals surface area contributed by atoms with Crippen LogP contribution in [0, 0.1) is 0 Å². The van der Waals surface area contributed by atoms with Crippen molar-refractivity contribution in [2.24, 2.45) is 5.73 Å². The van der Waals surface area contributed by atoms with Crippen LogP contribution >= 0.6 is 0 Å². The fourth-order valence-electron chi connectivity index (χ4n) is 1.66. The second kappa shape index (κ2) is 4.50. The van der Waals surface area contributed by atoms with Crippen LogP contribution < -0.4 is 5.73 Å². The maximum atomic E-state index is 12.6. The normalized spacial score (nSPS) is 27.9. The van der Waals surface area contributed by atoms with Gasteiger partial charge in [0.05, 0.1) is 6.04 Å². The van der Waals surface area contributed by atoms with Gasteiger partial charge in [-0.25, -0.2) is 8.78 Å². The molecule has 0 aliphatic carbocycles. The maximum absolute atomic E-state index is 12.6. The summed E-state index contributed by atoms with van der Waals surface area (Å²) in [5.74, 6) is -0.442. The summed E-state index contributed by atoms with van der Waals surface area (Å²) in [5.41, 5.74) is 5.57. The molecule has 0 bridgehead atoms. The fourth-order valence-corrected chi connectivity index (χ4v) is 1.66. The van der Waals surface area contributed by atoms with E-state index in [4.69, 9.17) is 5.73 Å². The van der Waals surface area contributed by atoms with E-state index in [0.29, 0.717) is 13.0 Å². The van der Waals surface area contributed by atoms with Crippen LogP contribution in [0.3, 0.4) is 0 Å². The van der Waals surface area contributed by atoms with Gasteiger partial charge in [0.15, 0.2) is 0 Å². The molecule has 2 N–H and O–H groups in total. The average Bonchev–Trinajstić information content (AvgIpc) is 2.16. The zero-order valence-electron chi connectivity index (χ0n) is 7.83. The summed E-state index contributed by atoms with van der Waals surface area (Å²) in [6.45, 7) is 3.57. The first-order chi connectivity index (χ1) is 6.56. The number of halogens is 2. The van der Waals surface area contributed by atoms with Gasteiger partial charge in [0.25, 0.3) is 6.43 Å². The Morgan fingerprint density at radius 1 is 1.64 bits per heavy atom. The van der Waals surface area contributed by atoms with Crippen molar-refractivity contribution in [3.05, 3.63) is 12.7 Å². The first-order valence-corrected chi connectivity index (χ1v) is 4.53. The van der Waals surface area contributed by atoms with Crippen molar-refractivity contribution in [1.82, 2.24) is 4.90 Å². The molecule has 0 spiro atoms. The van der Waals surface area contributed by atoms with Crippen LogP contribution in [0.2, 0.25) is 0 Å². The lowest BCUT2D eigenvalue weighted by atomic mass is 9.98. The molecule has 1 rings (SSSR count). The van der Waals surface area contributed by atoms with Crippen LogP contribution in [0.25, 0.3) is 0 Å². The molecule has 1 aliphatic heterocycles. The molecule has 1 unspecified atom stereocenters. The molecule has 5 heteroatoms. The van der Waals surface area contributed by atoms with E-state index in [1.54, 1.807) is 0 Å². The van der Waals surface area contributed by atoms with E-state index in [2.05, 4.69) is 6.58 Å². The molecule has 0 saturated carbocycles. The molecule has 0 radical (unpaired) electrons. The molecule has 1 aliphatic rings. The lowest BCUT2D eigenvalue weighted by Crippen LogP contribution is -2.52. The number of nitrogens with two attached hydrogens (primary N) is 1. The van der Waals surface area contributed by atoms with Gasteiger partial charge in [-0.3, -0.25) is 4.79 Å². The van der Waals surface area contributed by atoms with Gasteiger partial charge in [-0.1, -0.05) is 6.58 Å². The predicted molar refractivity (Wildman–Crippen MR) is 48.9 cm³/mol. The van der Waals surface area contributed by atoms with Crippen LogP contribution in [0.5, 0.6) is 0 Å². The summed E-state index contributed by atoms with van der Waals surface area (Å²) >= 11 is 0. The first kappa shape index (κ1) is 11.1. The van der Waals surface area contributed by atoms with Crippen LogP contribution in [-0.4, -0.2) is 35.9 Å². The van der Waals surface area contributed by atoms with Gasteiger partial charge in [0, 0.05) is 12.6 Å².